The highest BCUT2D eigenvalue weighted by Crippen LogP contribution is 2.27. The number of hydrogen-bond acceptors (Lipinski definition) is 7. The Morgan fingerprint density at radius 2 is 2.27 bits per heavy atom. The van der Waals surface area contributed by atoms with Gasteiger partial charge < -0.3 is 13.9 Å². The molecule has 0 bridgehead atoms. The van der Waals surface area contributed by atoms with E-state index in [1.807, 2.05) is 25.1 Å². The number of benzene rings is 1. The average Bonchev–Trinajstić information content (AvgIpc) is 2.89. The fraction of sp³-hybridized carbons (Fsp3) is 0.267. The first-order valence-corrected chi connectivity index (χ1v) is 6.65. The number of nitriles is 1. The van der Waals surface area contributed by atoms with Gasteiger partial charge in [-0.1, -0.05) is 0 Å². The van der Waals surface area contributed by atoms with Crippen LogP contribution in [0.25, 0.3) is 0 Å². The van der Waals surface area contributed by atoms with Crippen LogP contribution in [0, 0.1) is 18.3 Å². The van der Waals surface area contributed by atoms with E-state index in [0.717, 1.165) is 5.56 Å². The van der Waals surface area contributed by atoms with Gasteiger partial charge in [-0.2, -0.15) is 10.4 Å². The first-order valence-electron chi connectivity index (χ1n) is 6.65. The van der Waals surface area contributed by atoms with Gasteiger partial charge >= 0.3 is 0 Å². The lowest BCUT2D eigenvalue weighted by atomic mass is 10.2. The van der Waals surface area contributed by atoms with Gasteiger partial charge in [0, 0.05) is 6.92 Å². The standard InChI is InChI=1S/C15H16N4O3/c1-4-21-13-6-5-11(7-14(13)20-3)9-17-19-15-12(8-16)18-10(2)22-15/h5-7,9,19H,4H2,1-3H3/b17-9+. The summed E-state index contributed by atoms with van der Waals surface area (Å²) < 4.78 is 15.9. The number of aromatic nitrogens is 1. The summed E-state index contributed by atoms with van der Waals surface area (Å²) in [5, 5.41) is 12.9. The second-order valence-corrected chi connectivity index (χ2v) is 4.24. The molecule has 114 valence electrons. The number of hydrazone groups is 1. The summed E-state index contributed by atoms with van der Waals surface area (Å²) in [6, 6.07) is 7.38. The fourth-order valence-corrected chi connectivity index (χ4v) is 1.78. The van der Waals surface area contributed by atoms with Crippen LogP contribution in [-0.4, -0.2) is 24.9 Å². The number of ether oxygens (including phenoxy) is 2. The molecule has 0 atom stereocenters. The van der Waals surface area contributed by atoms with Crippen LogP contribution in [0.5, 0.6) is 11.5 Å². The van der Waals surface area contributed by atoms with Crippen molar-refractivity contribution < 1.29 is 13.9 Å². The minimum absolute atomic E-state index is 0.166. The molecule has 0 spiro atoms. The molecule has 1 aromatic heterocycles. The maximum absolute atomic E-state index is 8.90. The number of nitrogens with one attached hydrogen (secondary N) is 1. The Hall–Kier alpha value is -3.01. The van der Waals surface area contributed by atoms with E-state index in [4.69, 9.17) is 19.2 Å². The van der Waals surface area contributed by atoms with E-state index < -0.39 is 0 Å². The lowest BCUT2D eigenvalue weighted by Gasteiger charge is -2.09. The molecule has 7 heteroatoms. The molecule has 0 aliphatic heterocycles. The van der Waals surface area contributed by atoms with Gasteiger partial charge in [-0.25, -0.2) is 10.4 Å². The third-order valence-corrected chi connectivity index (χ3v) is 2.71. The van der Waals surface area contributed by atoms with Crippen LogP contribution >= 0.6 is 0 Å². The highest BCUT2D eigenvalue weighted by molar-refractivity contribution is 5.81. The molecule has 0 unspecified atom stereocenters. The predicted molar refractivity (Wildman–Crippen MR) is 81.3 cm³/mol. The van der Waals surface area contributed by atoms with Gasteiger partial charge in [-0.3, -0.25) is 0 Å². The number of oxazole rings is 1. The summed E-state index contributed by atoms with van der Waals surface area (Å²) >= 11 is 0. The zero-order chi connectivity index (χ0) is 15.9. The first-order chi connectivity index (χ1) is 10.7. The van der Waals surface area contributed by atoms with Crippen molar-refractivity contribution >= 4 is 12.1 Å². The second-order valence-electron chi connectivity index (χ2n) is 4.24. The Labute approximate surface area is 128 Å². The maximum Gasteiger partial charge on any atom is 0.252 e. The van der Waals surface area contributed by atoms with Crippen molar-refractivity contribution in [2.24, 2.45) is 5.10 Å². The van der Waals surface area contributed by atoms with Gasteiger partial charge in [-0.05, 0) is 30.7 Å². The second kappa shape index (κ2) is 7.13. The molecule has 1 N–H and O–H groups in total. The smallest absolute Gasteiger partial charge is 0.252 e. The summed E-state index contributed by atoms with van der Waals surface area (Å²) in [6.07, 6.45) is 1.58. The number of methoxy groups -OCH3 is 1. The monoisotopic (exact) mass is 300 g/mol. The van der Waals surface area contributed by atoms with Gasteiger partial charge in [0.15, 0.2) is 17.4 Å². The number of rotatable bonds is 6. The molecule has 0 aliphatic rings. The third-order valence-electron chi connectivity index (χ3n) is 2.71. The zero-order valence-electron chi connectivity index (χ0n) is 12.6. The Balaban J connectivity index is 2.11. The molecule has 1 heterocycles. The molecule has 0 radical (unpaired) electrons. The summed E-state index contributed by atoms with van der Waals surface area (Å²) in [7, 11) is 1.58. The Morgan fingerprint density at radius 1 is 1.45 bits per heavy atom. The van der Waals surface area contributed by atoms with Crippen molar-refractivity contribution in [2.75, 3.05) is 19.1 Å². The van der Waals surface area contributed by atoms with Crippen LogP contribution < -0.4 is 14.9 Å². The van der Waals surface area contributed by atoms with Gasteiger partial charge in [-0.15, -0.1) is 0 Å². The number of hydrogen-bond donors (Lipinski definition) is 1. The van der Waals surface area contributed by atoms with Gasteiger partial charge in [0.05, 0.1) is 19.9 Å². The van der Waals surface area contributed by atoms with Crippen LogP contribution in [0.15, 0.2) is 27.7 Å². The Bertz CT molecular complexity index is 716. The minimum Gasteiger partial charge on any atom is -0.493 e. The average molecular weight is 300 g/mol. The Morgan fingerprint density at radius 3 is 2.95 bits per heavy atom. The zero-order valence-corrected chi connectivity index (χ0v) is 12.6. The van der Waals surface area contributed by atoms with Crippen molar-refractivity contribution in [3.63, 3.8) is 0 Å². The number of aryl methyl sites for hydroxylation is 1. The molecule has 0 saturated heterocycles. The largest absolute Gasteiger partial charge is 0.493 e. The molecule has 0 amide bonds. The van der Waals surface area contributed by atoms with Gasteiger partial charge in [0.2, 0.25) is 5.69 Å². The number of nitrogens with zero attached hydrogens (tertiary/aromatic N) is 3. The predicted octanol–water partition coefficient (Wildman–Crippen LogP) is 2.71. The molecule has 0 saturated carbocycles. The van der Waals surface area contributed by atoms with E-state index >= 15 is 0 Å². The summed E-state index contributed by atoms with van der Waals surface area (Å²) in [5.74, 6) is 1.91. The highest BCUT2D eigenvalue weighted by Gasteiger charge is 2.09. The lowest BCUT2D eigenvalue weighted by molar-refractivity contribution is 0.311. The minimum atomic E-state index is 0.166. The fourth-order valence-electron chi connectivity index (χ4n) is 1.78. The van der Waals surface area contributed by atoms with Gasteiger partial charge in [0.25, 0.3) is 5.88 Å². The van der Waals surface area contributed by atoms with Crippen molar-refractivity contribution in [3.05, 3.63) is 35.3 Å². The van der Waals surface area contributed by atoms with E-state index in [0.29, 0.717) is 24.0 Å². The van der Waals surface area contributed by atoms with Crippen LogP contribution in [0.1, 0.15) is 24.1 Å². The van der Waals surface area contributed by atoms with Crippen LogP contribution in [0.2, 0.25) is 0 Å². The van der Waals surface area contributed by atoms with Crippen molar-refractivity contribution in [3.8, 4) is 17.6 Å². The van der Waals surface area contributed by atoms with E-state index in [1.165, 1.54) is 0 Å². The first kappa shape index (κ1) is 15.4. The van der Waals surface area contributed by atoms with Gasteiger partial charge in [0.1, 0.15) is 6.07 Å². The van der Waals surface area contributed by atoms with E-state index in [9.17, 15) is 0 Å². The van der Waals surface area contributed by atoms with E-state index in [2.05, 4.69) is 15.5 Å². The van der Waals surface area contributed by atoms with Crippen LogP contribution in [0.4, 0.5) is 5.88 Å². The maximum atomic E-state index is 8.90. The molecular formula is C15H16N4O3. The molecular weight excluding hydrogens is 284 g/mol. The van der Waals surface area contributed by atoms with Crippen molar-refractivity contribution in [1.82, 2.24) is 4.98 Å². The Kier molecular flexibility index (Phi) is 4.98. The normalized spacial score (nSPS) is 10.5. The summed E-state index contributed by atoms with van der Waals surface area (Å²) in [5.41, 5.74) is 3.63. The van der Waals surface area contributed by atoms with Crippen LogP contribution in [-0.2, 0) is 0 Å². The van der Waals surface area contributed by atoms with Crippen molar-refractivity contribution in [2.45, 2.75) is 13.8 Å². The molecule has 2 aromatic rings. The molecule has 0 fully saturated rings. The molecule has 0 aliphatic carbocycles. The number of anilines is 1. The lowest BCUT2D eigenvalue weighted by Crippen LogP contribution is -1.97. The summed E-state index contributed by atoms with van der Waals surface area (Å²) in [6.45, 7) is 4.13. The quantitative estimate of drug-likeness (QED) is 0.651. The molecule has 2 rings (SSSR count). The van der Waals surface area contributed by atoms with Crippen molar-refractivity contribution in [1.29, 1.82) is 5.26 Å². The van der Waals surface area contributed by atoms with E-state index in [1.54, 1.807) is 26.3 Å². The highest BCUT2D eigenvalue weighted by atomic mass is 16.5. The molecule has 1 aromatic carbocycles. The SMILES string of the molecule is CCOc1ccc(/C=N/Nc2oc(C)nc2C#N)cc1OC. The summed E-state index contributed by atoms with van der Waals surface area (Å²) in [4.78, 5) is 3.91. The van der Waals surface area contributed by atoms with E-state index in [-0.39, 0.29) is 11.6 Å². The molecule has 7 nitrogen and oxygen atoms in total. The van der Waals surface area contributed by atoms with Crippen LogP contribution in [0.3, 0.4) is 0 Å². The molecule has 22 heavy (non-hydrogen) atoms. The third kappa shape index (κ3) is 3.55. The topological polar surface area (TPSA) is 92.7 Å².